The SMILES string of the molecule is COc1cccc2c(Cn3c(=O)ccn([C@@H]4O[C@H](CO)[C@H](O)C4O)c3=O)noc12.O=c1ccn([C@@H]2O[C@H](CO)[C@H](O)C2O)c(=O)n1Cc1noc2cc(OC(F)(F)F)ccc12. The molecule has 2 saturated heterocycles. The molecule has 2 fully saturated rings. The van der Waals surface area contributed by atoms with Crippen molar-refractivity contribution in [1.29, 1.82) is 0 Å². The second-order valence-corrected chi connectivity index (χ2v) is 13.6. The number of hydrogen-bond acceptors (Lipinski definition) is 18. The van der Waals surface area contributed by atoms with E-state index in [0.717, 1.165) is 48.7 Å². The molecule has 0 bridgehead atoms. The summed E-state index contributed by atoms with van der Waals surface area (Å²) in [6.45, 7) is -1.72. The highest BCUT2D eigenvalue weighted by Crippen LogP contribution is 2.31. The molecule has 4 aromatic heterocycles. The number of ether oxygens (including phenoxy) is 4. The number of alkyl halides is 3. The average Bonchev–Trinajstić information content (AvgIpc) is 3.98. The van der Waals surface area contributed by atoms with Gasteiger partial charge in [-0.3, -0.25) is 27.9 Å². The van der Waals surface area contributed by atoms with Crippen molar-refractivity contribution in [1.82, 2.24) is 28.6 Å². The minimum Gasteiger partial charge on any atom is -0.493 e. The van der Waals surface area contributed by atoms with Crippen LogP contribution in [0.5, 0.6) is 11.5 Å². The predicted molar refractivity (Wildman–Crippen MR) is 195 cm³/mol. The van der Waals surface area contributed by atoms with Crippen molar-refractivity contribution in [2.24, 2.45) is 0 Å². The number of fused-ring (bicyclic) bond motifs is 2. The van der Waals surface area contributed by atoms with Gasteiger partial charge < -0.3 is 58.6 Å². The van der Waals surface area contributed by atoms with Crippen molar-refractivity contribution in [2.45, 2.75) is 68.5 Å². The first-order valence-electron chi connectivity index (χ1n) is 18.0. The van der Waals surface area contributed by atoms with Crippen LogP contribution in [0.4, 0.5) is 13.2 Å². The van der Waals surface area contributed by atoms with E-state index in [-0.39, 0.29) is 23.2 Å². The Morgan fingerprint density at radius 2 is 1.23 bits per heavy atom. The van der Waals surface area contributed by atoms with Gasteiger partial charge >= 0.3 is 17.7 Å². The van der Waals surface area contributed by atoms with Crippen molar-refractivity contribution < 1.29 is 71.8 Å². The first-order valence-corrected chi connectivity index (χ1v) is 18.0. The number of hydrogen-bond donors (Lipinski definition) is 6. The lowest BCUT2D eigenvalue weighted by Gasteiger charge is -2.18. The minimum absolute atomic E-state index is 0.0606. The molecule has 0 spiro atoms. The van der Waals surface area contributed by atoms with Crippen LogP contribution in [0.15, 0.2) is 89.1 Å². The fourth-order valence-electron chi connectivity index (χ4n) is 6.80. The molecule has 0 aliphatic carbocycles. The molecule has 2 unspecified atom stereocenters. The van der Waals surface area contributed by atoms with Crippen molar-refractivity contribution in [3.05, 3.63) is 114 Å². The second-order valence-electron chi connectivity index (χ2n) is 13.6. The molecule has 2 aliphatic heterocycles. The second kappa shape index (κ2) is 17.1. The number of aromatic nitrogens is 6. The molecule has 0 radical (unpaired) electrons. The lowest BCUT2D eigenvalue weighted by molar-refractivity contribution is -0.274. The van der Waals surface area contributed by atoms with Gasteiger partial charge in [-0.2, -0.15) is 0 Å². The maximum absolute atomic E-state index is 12.9. The summed E-state index contributed by atoms with van der Waals surface area (Å²) < 4.78 is 70.7. The molecular formula is C36H35F3N6O16. The van der Waals surface area contributed by atoms with Crippen LogP contribution in [0.1, 0.15) is 23.8 Å². The van der Waals surface area contributed by atoms with Crippen molar-refractivity contribution in [3.63, 3.8) is 0 Å². The molecule has 22 nitrogen and oxygen atoms in total. The summed E-state index contributed by atoms with van der Waals surface area (Å²) in [5.41, 5.74) is -2.25. The van der Waals surface area contributed by atoms with Crippen LogP contribution in [-0.4, -0.2) is 123 Å². The largest absolute Gasteiger partial charge is 0.573 e. The highest BCUT2D eigenvalue weighted by Gasteiger charge is 2.45. The number of aliphatic hydroxyl groups excluding tert-OH is 6. The first kappa shape index (κ1) is 42.9. The number of rotatable bonds is 10. The first-order chi connectivity index (χ1) is 29.0. The van der Waals surface area contributed by atoms with Crippen LogP contribution in [0.3, 0.4) is 0 Å². The molecule has 61 heavy (non-hydrogen) atoms. The molecule has 25 heteroatoms. The fraction of sp³-hybridized carbons (Fsp3) is 0.389. The Kier molecular flexibility index (Phi) is 12.0. The standard InChI is InChI=1S/C18H16F3N3O8.C18H19N3O8/c19-18(20,21)31-8-1-2-9-10(22-32-11(9)5-8)6-24-13(26)3-4-23(17(24)29)16-15(28)14(27)12(7-25)30-16;1-27-11-4-2-3-9-10(19-29-16(9)11)7-21-13(23)5-6-20(18(21)26)17-15(25)14(24)12(8-22)28-17/h1-5,12,14-16,25,27-28H,6-7H2;2-6,12,14-15,17,22,24-25H,7-8H2,1H3/t12-,14+,15?,16-;12-,14+,15?,17-/m11/s1. The Morgan fingerprint density at radius 1 is 0.705 bits per heavy atom. The molecule has 6 aromatic rings. The Balaban J connectivity index is 0.000000185. The van der Waals surface area contributed by atoms with Crippen LogP contribution >= 0.6 is 0 Å². The number of methoxy groups -OCH3 is 1. The predicted octanol–water partition coefficient (Wildman–Crippen LogP) is -1.47. The molecule has 0 amide bonds. The van der Waals surface area contributed by atoms with Gasteiger partial charge in [0.05, 0.1) is 38.8 Å². The van der Waals surface area contributed by atoms with Crippen molar-refractivity contribution in [3.8, 4) is 11.5 Å². The Hall–Kier alpha value is -6.19. The number of nitrogens with zero attached hydrogens (tertiary/aromatic N) is 6. The van der Waals surface area contributed by atoms with E-state index in [4.69, 9.17) is 23.3 Å². The molecule has 2 aromatic carbocycles. The van der Waals surface area contributed by atoms with Gasteiger partial charge in [-0.15, -0.1) is 13.2 Å². The van der Waals surface area contributed by atoms with E-state index in [2.05, 4.69) is 15.1 Å². The summed E-state index contributed by atoms with van der Waals surface area (Å²) in [6, 6.07) is 10.5. The van der Waals surface area contributed by atoms with E-state index in [9.17, 15) is 63.0 Å². The van der Waals surface area contributed by atoms with Gasteiger partial charge in [0, 0.05) is 36.0 Å². The Bertz CT molecular complexity index is 2780. The van der Waals surface area contributed by atoms with Gasteiger partial charge in [-0.1, -0.05) is 16.4 Å². The normalized spacial score (nSPS) is 24.0. The van der Waals surface area contributed by atoms with E-state index in [1.165, 1.54) is 19.4 Å². The van der Waals surface area contributed by atoms with Gasteiger partial charge in [0.25, 0.3) is 11.1 Å². The Labute approximate surface area is 336 Å². The molecular weight excluding hydrogens is 829 g/mol. The van der Waals surface area contributed by atoms with Gasteiger partial charge in [0.1, 0.15) is 53.8 Å². The number of aliphatic hydroxyl groups is 6. The van der Waals surface area contributed by atoms with E-state index in [1.807, 2.05) is 0 Å². The maximum Gasteiger partial charge on any atom is 0.573 e. The summed E-state index contributed by atoms with van der Waals surface area (Å²) >= 11 is 0. The topological polar surface area (TPSA) is 298 Å². The summed E-state index contributed by atoms with van der Waals surface area (Å²) in [4.78, 5) is 50.4. The van der Waals surface area contributed by atoms with Gasteiger partial charge in [0.15, 0.2) is 23.8 Å². The molecule has 8 atom stereocenters. The van der Waals surface area contributed by atoms with Crippen molar-refractivity contribution >= 4 is 21.9 Å². The summed E-state index contributed by atoms with van der Waals surface area (Å²) in [6.07, 6.45) is -13.3. The van der Waals surface area contributed by atoms with Gasteiger partial charge in [0.2, 0.25) is 5.58 Å². The molecule has 6 heterocycles. The van der Waals surface area contributed by atoms with Crippen LogP contribution in [0.2, 0.25) is 0 Å². The molecule has 6 N–H and O–H groups in total. The molecule has 326 valence electrons. The molecule has 0 saturated carbocycles. The van der Waals surface area contributed by atoms with Crippen molar-refractivity contribution in [2.75, 3.05) is 20.3 Å². The van der Waals surface area contributed by atoms with Gasteiger partial charge in [-0.05, 0) is 24.3 Å². The molecule has 2 aliphatic rings. The third kappa shape index (κ3) is 8.31. The Morgan fingerprint density at radius 3 is 1.72 bits per heavy atom. The third-order valence-corrected chi connectivity index (χ3v) is 9.90. The third-order valence-electron chi connectivity index (χ3n) is 9.90. The summed E-state index contributed by atoms with van der Waals surface area (Å²) in [5.74, 6) is -0.0677. The van der Waals surface area contributed by atoms with Gasteiger partial charge in [-0.25, -0.2) is 9.59 Å². The zero-order valence-electron chi connectivity index (χ0n) is 31.3. The van der Waals surface area contributed by atoms with E-state index in [0.29, 0.717) is 22.4 Å². The van der Waals surface area contributed by atoms with E-state index >= 15 is 0 Å². The van der Waals surface area contributed by atoms with E-state index < -0.39 is 103 Å². The number of benzene rings is 2. The van der Waals surface area contributed by atoms with Crippen LogP contribution in [-0.2, 0) is 22.6 Å². The smallest absolute Gasteiger partial charge is 0.493 e. The highest BCUT2D eigenvalue weighted by atomic mass is 19.4. The number of halogens is 3. The zero-order valence-corrected chi connectivity index (χ0v) is 31.3. The summed E-state index contributed by atoms with van der Waals surface area (Å²) in [7, 11) is 1.48. The lowest BCUT2D eigenvalue weighted by Crippen LogP contribution is -2.43. The lowest BCUT2D eigenvalue weighted by atomic mass is 10.1. The summed E-state index contributed by atoms with van der Waals surface area (Å²) in [5, 5.41) is 67.1. The van der Waals surface area contributed by atoms with Crippen LogP contribution in [0.25, 0.3) is 21.9 Å². The van der Waals surface area contributed by atoms with E-state index in [1.54, 1.807) is 18.2 Å². The minimum atomic E-state index is -4.89. The average molecular weight is 865 g/mol. The van der Waals surface area contributed by atoms with Crippen LogP contribution < -0.4 is 32.0 Å². The zero-order chi connectivity index (χ0) is 43.9. The fourth-order valence-corrected chi connectivity index (χ4v) is 6.80. The monoisotopic (exact) mass is 864 g/mol. The quantitative estimate of drug-likeness (QED) is 0.0916. The molecule has 8 rings (SSSR count). The number of para-hydroxylation sites is 1. The van der Waals surface area contributed by atoms with Crippen LogP contribution in [0, 0.1) is 0 Å². The highest BCUT2D eigenvalue weighted by molar-refractivity contribution is 5.85. The maximum atomic E-state index is 12.9.